The van der Waals surface area contributed by atoms with Gasteiger partial charge in [0.25, 0.3) is 0 Å². The van der Waals surface area contributed by atoms with E-state index in [2.05, 4.69) is 10.6 Å². The Balaban J connectivity index is 5.14. The zero-order valence-electron chi connectivity index (χ0n) is 38.4. The fourth-order valence-electron chi connectivity index (χ4n) is 4.52. The molecule has 62 heavy (non-hydrogen) atoms. The van der Waals surface area contributed by atoms with Crippen molar-refractivity contribution in [3.8, 4) is 0 Å². The molecule has 0 spiro atoms. The summed E-state index contributed by atoms with van der Waals surface area (Å²) in [5, 5.41) is 5.33. The van der Waals surface area contributed by atoms with Gasteiger partial charge in [-0.1, -0.05) is 0 Å². The highest BCUT2D eigenvalue weighted by atomic mass is 16.6. The van der Waals surface area contributed by atoms with E-state index < -0.39 is 17.1 Å². The molecule has 0 aliphatic carbocycles. The molecule has 21 nitrogen and oxygen atoms in total. The topological polar surface area (TPSA) is 215 Å². The number of hydrogen-bond donors (Lipinski definition) is 2. The first-order chi connectivity index (χ1) is 30.2. The molecule has 0 rings (SSSR count). The van der Waals surface area contributed by atoms with Gasteiger partial charge in [-0.15, -0.1) is 0 Å². The van der Waals surface area contributed by atoms with Gasteiger partial charge in [-0.2, -0.15) is 0 Å². The SMILES string of the molecule is CO/C=C/OCCOCCOCCOCC(COCCOCCOCCOCCOC)(COCCOCCOCCOCCOC)COCC(=O)NCCNC(=O)OC(C)(C)C. The summed E-state index contributed by atoms with van der Waals surface area (Å²) >= 11 is 0. The highest BCUT2D eigenvalue weighted by molar-refractivity contribution is 5.77. The van der Waals surface area contributed by atoms with E-state index in [4.69, 9.17) is 80.5 Å². The summed E-state index contributed by atoms with van der Waals surface area (Å²) in [6.45, 7) is 15.0. The maximum Gasteiger partial charge on any atom is 0.407 e. The maximum absolute atomic E-state index is 12.7. The Kier molecular flexibility index (Phi) is 43.3. The first kappa shape index (κ1) is 59.5. The van der Waals surface area contributed by atoms with Crippen LogP contribution in [0.15, 0.2) is 12.5 Å². The summed E-state index contributed by atoms with van der Waals surface area (Å²) < 4.78 is 93.6. The molecule has 0 fully saturated rings. The van der Waals surface area contributed by atoms with Gasteiger partial charge in [-0.3, -0.25) is 4.79 Å². The summed E-state index contributed by atoms with van der Waals surface area (Å²) in [7, 11) is 4.78. The zero-order chi connectivity index (χ0) is 45.5. The number of nitrogens with one attached hydrogen (secondary N) is 2. The molecule has 368 valence electrons. The van der Waals surface area contributed by atoms with Crippen molar-refractivity contribution >= 4 is 12.0 Å². The van der Waals surface area contributed by atoms with Crippen LogP contribution in [0.25, 0.3) is 0 Å². The molecule has 0 heterocycles. The Bertz CT molecular complexity index is 978. The average Bonchev–Trinajstić information content (AvgIpc) is 3.24. The Morgan fingerprint density at radius 3 is 1.13 bits per heavy atom. The van der Waals surface area contributed by atoms with Crippen LogP contribution in [0.1, 0.15) is 20.8 Å². The van der Waals surface area contributed by atoms with Crippen molar-refractivity contribution in [3.05, 3.63) is 12.5 Å². The predicted molar refractivity (Wildman–Crippen MR) is 225 cm³/mol. The van der Waals surface area contributed by atoms with E-state index in [0.29, 0.717) is 126 Å². The summed E-state index contributed by atoms with van der Waals surface area (Å²) in [4.78, 5) is 24.6. The highest BCUT2D eigenvalue weighted by Crippen LogP contribution is 2.21. The number of amides is 2. The molecular formula is C41H80N2O19. The second-order valence-corrected chi connectivity index (χ2v) is 14.2. The lowest BCUT2D eigenvalue weighted by Crippen LogP contribution is -2.44. The van der Waals surface area contributed by atoms with Gasteiger partial charge in [0.05, 0.1) is 178 Å². The molecule has 0 aliphatic heterocycles. The van der Waals surface area contributed by atoms with Crippen LogP contribution in [0.4, 0.5) is 4.79 Å². The standard InChI is InChI=1S/C41H80N2O19/c1-40(2,3)62-39(45)43-8-7-42-38(44)33-61-37-41(34-58-30-27-55-24-21-52-18-15-49-12-9-46-4,35-59-31-28-56-25-22-53-19-16-50-13-10-47-5)36-60-32-29-57-26-23-54-20-17-51-14-11-48-6/h9,12H,7-8,10-11,13-37H2,1-6H3,(H,42,44)(H,43,45)/b12-9+. The van der Waals surface area contributed by atoms with Crippen LogP contribution < -0.4 is 10.6 Å². The van der Waals surface area contributed by atoms with Gasteiger partial charge >= 0.3 is 6.09 Å². The lowest BCUT2D eigenvalue weighted by molar-refractivity contribution is -0.136. The van der Waals surface area contributed by atoms with Crippen molar-refractivity contribution in [2.24, 2.45) is 5.41 Å². The second-order valence-electron chi connectivity index (χ2n) is 14.2. The van der Waals surface area contributed by atoms with Crippen LogP contribution in [-0.2, 0) is 85.3 Å². The third-order valence-corrected chi connectivity index (χ3v) is 7.45. The van der Waals surface area contributed by atoms with Crippen LogP contribution in [0.5, 0.6) is 0 Å². The normalized spacial score (nSPS) is 12.0. The van der Waals surface area contributed by atoms with Gasteiger partial charge in [-0.25, -0.2) is 4.79 Å². The number of methoxy groups -OCH3 is 3. The van der Waals surface area contributed by atoms with E-state index in [1.807, 2.05) is 0 Å². The molecule has 0 atom stereocenters. The van der Waals surface area contributed by atoms with Gasteiger partial charge in [0, 0.05) is 27.3 Å². The van der Waals surface area contributed by atoms with Crippen LogP contribution in [0, 0.1) is 5.41 Å². The predicted octanol–water partition coefficient (Wildman–Crippen LogP) is 1.24. The van der Waals surface area contributed by atoms with Crippen LogP contribution >= 0.6 is 0 Å². The third-order valence-electron chi connectivity index (χ3n) is 7.45. The molecule has 0 aromatic carbocycles. The van der Waals surface area contributed by atoms with Gasteiger partial charge in [-0.05, 0) is 20.8 Å². The van der Waals surface area contributed by atoms with Crippen molar-refractivity contribution in [2.75, 3.05) is 213 Å². The molecule has 0 aliphatic rings. The van der Waals surface area contributed by atoms with Crippen LogP contribution in [0.3, 0.4) is 0 Å². The van der Waals surface area contributed by atoms with Gasteiger partial charge < -0.3 is 91.2 Å². The molecule has 2 N–H and O–H groups in total. The number of ether oxygens (including phenoxy) is 17. The van der Waals surface area contributed by atoms with E-state index in [0.717, 1.165) is 0 Å². The second kappa shape index (κ2) is 45.1. The highest BCUT2D eigenvalue weighted by Gasteiger charge is 2.33. The number of carbonyl (C=O) groups excluding carboxylic acids is 2. The summed E-state index contributed by atoms with van der Waals surface area (Å²) in [5.41, 5.74) is -1.45. The smallest absolute Gasteiger partial charge is 0.407 e. The molecule has 0 aromatic heterocycles. The van der Waals surface area contributed by atoms with Crippen molar-refractivity contribution in [1.29, 1.82) is 0 Å². The van der Waals surface area contributed by atoms with E-state index >= 15 is 0 Å². The summed E-state index contributed by atoms with van der Waals surface area (Å²) in [6, 6.07) is 0. The van der Waals surface area contributed by atoms with E-state index in [1.165, 1.54) is 19.6 Å². The Hall–Kier alpha value is -2.48. The lowest BCUT2D eigenvalue weighted by Gasteiger charge is -2.33. The van der Waals surface area contributed by atoms with E-state index in [1.54, 1.807) is 35.0 Å². The number of carbonyl (C=O) groups is 2. The fourth-order valence-corrected chi connectivity index (χ4v) is 4.52. The minimum Gasteiger partial charge on any atom is -0.501 e. The molecule has 0 saturated carbocycles. The van der Waals surface area contributed by atoms with Gasteiger partial charge in [0.1, 0.15) is 31.3 Å². The molecule has 21 heteroatoms. The van der Waals surface area contributed by atoms with Crippen LogP contribution in [-0.4, -0.2) is 230 Å². The lowest BCUT2D eigenvalue weighted by atomic mass is 9.92. The van der Waals surface area contributed by atoms with Crippen molar-refractivity contribution in [1.82, 2.24) is 10.6 Å². The van der Waals surface area contributed by atoms with Crippen molar-refractivity contribution in [2.45, 2.75) is 26.4 Å². The summed E-state index contributed by atoms with van der Waals surface area (Å²) in [6.07, 6.45) is 2.32. The minimum atomic E-state index is -0.823. The molecule has 2 amide bonds. The zero-order valence-corrected chi connectivity index (χ0v) is 38.4. The van der Waals surface area contributed by atoms with Gasteiger partial charge in [0.15, 0.2) is 0 Å². The molecule has 0 aromatic rings. The largest absolute Gasteiger partial charge is 0.501 e. The molecule has 0 radical (unpaired) electrons. The first-order valence-electron chi connectivity index (χ1n) is 21.1. The fraction of sp³-hybridized carbons (Fsp3) is 0.902. The quantitative estimate of drug-likeness (QED) is 0.0649. The third kappa shape index (κ3) is 44.1. The summed E-state index contributed by atoms with van der Waals surface area (Å²) in [5.74, 6) is -0.365. The maximum atomic E-state index is 12.7. The first-order valence-corrected chi connectivity index (χ1v) is 21.1. The van der Waals surface area contributed by atoms with E-state index in [9.17, 15) is 9.59 Å². The minimum absolute atomic E-state index is 0.0647. The Morgan fingerprint density at radius 1 is 0.419 bits per heavy atom. The van der Waals surface area contributed by atoms with Crippen molar-refractivity contribution < 1.29 is 90.1 Å². The number of rotatable bonds is 48. The Labute approximate surface area is 369 Å². The molecular weight excluding hydrogens is 824 g/mol. The molecule has 0 saturated heterocycles. The molecule has 0 bridgehead atoms. The monoisotopic (exact) mass is 905 g/mol. The van der Waals surface area contributed by atoms with Gasteiger partial charge in [0.2, 0.25) is 5.91 Å². The van der Waals surface area contributed by atoms with Crippen LogP contribution in [0.2, 0.25) is 0 Å². The number of hydrogen-bond acceptors (Lipinski definition) is 19. The van der Waals surface area contributed by atoms with Crippen molar-refractivity contribution in [3.63, 3.8) is 0 Å². The number of alkyl carbamates (subject to hydrolysis) is 1. The Morgan fingerprint density at radius 2 is 0.758 bits per heavy atom. The average molecular weight is 905 g/mol. The van der Waals surface area contributed by atoms with E-state index in [-0.39, 0.29) is 71.9 Å². The molecule has 0 unspecified atom stereocenters.